The van der Waals surface area contributed by atoms with Crippen molar-refractivity contribution >= 4 is 23.5 Å². The van der Waals surface area contributed by atoms with E-state index in [0.717, 1.165) is 0 Å². The van der Waals surface area contributed by atoms with E-state index >= 15 is 0 Å². The number of primary amides is 1. The van der Waals surface area contributed by atoms with Crippen LogP contribution >= 0.6 is 0 Å². The van der Waals surface area contributed by atoms with Gasteiger partial charge in [-0.05, 0) is 31.2 Å². The Balaban J connectivity index is 1.56. The van der Waals surface area contributed by atoms with Crippen molar-refractivity contribution in [2.45, 2.75) is 13.0 Å². The van der Waals surface area contributed by atoms with Crippen molar-refractivity contribution in [3.63, 3.8) is 0 Å². The Labute approximate surface area is 152 Å². The highest BCUT2D eigenvalue weighted by Crippen LogP contribution is 2.14. The first-order chi connectivity index (χ1) is 12.5. The highest BCUT2D eigenvalue weighted by atomic mass is 16.2. The maximum atomic E-state index is 12.7. The van der Waals surface area contributed by atoms with Gasteiger partial charge in [-0.15, -0.1) is 0 Å². The monoisotopic (exact) mass is 354 g/mol. The summed E-state index contributed by atoms with van der Waals surface area (Å²) >= 11 is 0. The standard InChI is InChI=1S/C18H22N6O2/c1-13(22-15-5-2-4-14(12-15)16(19)25)17(26)23-8-10-24(11-9-23)18-20-6-3-7-21-18/h2-7,12-13,22H,8-11H2,1H3,(H2,19,25)/t13-/m1/s1. The zero-order valence-corrected chi connectivity index (χ0v) is 14.6. The summed E-state index contributed by atoms with van der Waals surface area (Å²) in [5, 5.41) is 3.14. The SMILES string of the molecule is C[C@@H](Nc1cccc(C(N)=O)c1)C(=O)N1CCN(c2ncccn2)CC1. The molecule has 0 spiro atoms. The number of carbonyl (C=O) groups excluding carboxylic acids is 2. The van der Waals surface area contributed by atoms with Crippen molar-refractivity contribution in [2.24, 2.45) is 5.73 Å². The Bertz CT molecular complexity index is 774. The minimum Gasteiger partial charge on any atom is -0.374 e. The number of anilines is 2. The predicted molar refractivity (Wildman–Crippen MR) is 98.9 cm³/mol. The maximum Gasteiger partial charge on any atom is 0.248 e. The molecule has 2 heterocycles. The molecule has 0 aliphatic carbocycles. The topological polar surface area (TPSA) is 104 Å². The molecule has 2 aromatic rings. The smallest absolute Gasteiger partial charge is 0.248 e. The number of rotatable bonds is 5. The summed E-state index contributed by atoms with van der Waals surface area (Å²) in [5.41, 5.74) is 6.40. The van der Waals surface area contributed by atoms with E-state index in [-0.39, 0.29) is 5.91 Å². The minimum absolute atomic E-state index is 0.0168. The van der Waals surface area contributed by atoms with Crippen LogP contribution in [-0.2, 0) is 4.79 Å². The molecule has 8 nitrogen and oxygen atoms in total. The second kappa shape index (κ2) is 7.81. The first-order valence-electron chi connectivity index (χ1n) is 8.52. The molecule has 1 aliphatic heterocycles. The van der Waals surface area contributed by atoms with Gasteiger partial charge in [0.05, 0.1) is 0 Å². The van der Waals surface area contributed by atoms with Crippen molar-refractivity contribution in [1.82, 2.24) is 14.9 Å². The molecule has 0 unspecified atom stereocenters. The molecule has 3 N–H and O–H groups in total. The number of hydrogen-bond acceptors (Lipinski definition) is 6. The molecule has 0 saturated carbocycles. The highest BCUT2D eigenvalue weighted by molar-refractivity contribution is 5.94. The third-order valence-electron chi connectivity index (χ3n) is 4.33. The fourth-order valence-corrected chi connectivity index (χ4v) is 2.93. The lowest BCUT2D eigenvalue weighted by molar-refractivity contribution is -0.131. The normalized spacial score (nSPS) is 15.4. The van der Waals surface area contributed by atoms with E-state index in [9.17, 15) is 9.59 Å². The van der Waals surface area contributed by atoms with Gasteiger partial charge in [0, 0.05) is 49.8 Å². The predicted octanol–water partition coefficient (Wildman–Crippen LogP) is 0.725. The molecular weight excluding hydrogens is 332 g/mol. The molecule has 8 heteroatoms. The van der Waals surface area contributed by atoms with E-state index in [1.165, 1.54) is 0 Å². The first kappa shape index (κ1) is 17.7. The van der Waals surface area contributed by atoms with E-state index < -0.39 is 11.9 Å². The summed E-state index contributed by atoms with van der Waals surface area (Å²) in [6.45, 7) is 4.43. The van der Waals surface area contributed by atoms with Gasteiger partial charge in [-0.2, -0.15) is 0 Å². The second-order valence-corrected chi connectivity index (χ2v) is 6.17. The minimum atomic E-state index is -0.494. The fourth-order valence-electron chi connectivity index (χ4n) is 2.93. The van der Waals surface area contributed by atoms with E-state index in [1.54, 1.807) is 42.7 Å². The number of nitrogens with two attached hydrogens (primary N) is 1. The Hall–Kier alpha value is -3.16. The van der Waals surface area contributed by atoms with Gasteiger partial charge >= 0.3 is 0 Å². The summed E-state index contributed by atoms with van der Waals surface area (Å²) in [4.78, 5) is 36.3. The van der Waals surface area contributed by atoms with Gasteiger partial charge in [0.15, 0.2) is 0 Å². The van der Waals surface area contributed by atoms with Gasteiger partial charge in [0.2, 0.25) is 17.8 Å². The van der Waals surface area contributed by atoms with Crippen molar-refractivity contribution in [2.75, 3.05) is 36.4 Å². The summed E-state index contributed by atoms with van der Waals surface area (Å²) < 4.78 is 0. The summed E-state index contributed by atoms with van der Waals surface area (Å²) in [5.74, 6) is 0.212. The van der Waals surface area contributed by atoms with E-state index in [0.29, 0.717) is 43.4 Å². The van der Waals surface area contributed by atoms with Crippen LogP contribution < -0.4 is 16.0 Å². The quantitative estimate of drug-likeness (QED) is 0.820. The van der Waals surface area contributed by atoms with Crippen LogP contribution in [-0.4, -0.2) is 58.9 Å². The third kappa shape index (κ3) is 4.08. The molecule has 0 radical (unpaired) electrons. The number of carbonyl (C=O) groups is 2. The highest BCUT2D eigenvalue weighted by Gasteiger charge is 2.25. The number of piperazine rings is 1. The molecule has 1 aromatic carbocycles. The molecule has 26 heavy (non-hydrogen) atoms. The number of amides is 2. The average Bonchev–Trinajstić information content (AvgIpc) is 2.68. The fraction of sp³-hybridized carbons (Fsp3) is 0.333. The molecule has 3 rings (SSSR count). The average molecular weight is 354 g/mol. The molecule has 136 valence electrons. The lowest BCUT2D eigenvalue weighted by Gasteiger charge is -2.36. The zero-order chi connectivity index (χ0) is 18.5. The van der Waals surface area contributed by atoms with Crippen molar-refractivity contribution in [3.8, 4) is 0 Å². The van der Waals surface area contributed by atoms with Gasteiger partial charge in [0.25, 0.3) is 0 Å². The maximum absolute atomic E-state index is 12.7. The zero-order valence-electron chi connectivity index (χ0n) is 14.6. The van der Waals surface area contributed by atoms with Crippen LogP contribution in [0.25, 0.3) is 0 Å². The van der Waals surface area contributed by atoms with Crippen LogP contribution in [0, 0.1) is 0 Å². The lowest BCUT2D eigenvalue weighted by atomic mass is 10.1. The van der Waals surface area contributed by atoms with Crippen molar-refractivity contribution < 1.29 is 9.59 Å². The number of benzene rings is 1. The summed E-state index contributed by atoms with van der Waals surface area (Å²) in [6.07, 6.45) is 3.43. The molecule has 1 aromatic heterocycles. The largest absolute Gasteiger partial charge is 0.374 e. The molecule has 0 bridgehead atoms. The number of aromatic nitrogens is 2. The van der Waals surface area contributed by atoms with Crippen LogP contribution in [0.4, 0.5) is 11.6 Å². The summed E-state index contributed by atoms with van der Waals surface area (Å²) in [7, 11) is 0. The Morgan fingerprint density at radius 2 is 1.81 bits per heavy atom. The number of nitrogens with zero attached hydrogens (tertiary/aromatic N) is 4. The number of nitrogens with one attached hydrogen (secondary N) is 1. The lowest BCUT2D eigenvalue weighted by Crippen LogP contribution is -2.52. The Kier molecular flexibility index (Phi) is 5.31. The van der Waals surface area contributed by atoms with Crippen molar-refractivity contribution in [3.05, 3.63) is 48.3 Å². The Morgan fingerprint density at radius 1 is 1.12 bits per heavy atom. The molecule has 1 saturated heterocycles. The van der Waals surface area contributed by atoms with Gasteiger partial charge in [0.1, 0.15) is 6.04 Å². The molecule has 2 amide bonds. The van der Waals surface area contributed by atoms with Crippen molar-refractivity contribution in [1.29, 1.82) is 0 Å². The van der Waals surface area contributed by atoms with Crippen LogP contribution in [0.5, 0.6) is 0 Å². The van der Waals surface area contributed by atoms with E-state index in [4.69, 9.17) is 5.73 Å². The number of hydrogen-bond donors (Lipinski definition) is 2. The van der Waals surface area contributed by atoms with E-state index in [2.05, 4.69) is 20.2 Å². The molecule has 1 fully saturated rings. The third-order valence-corrected chi connectivity index (χ3v) is 4.33. The van der Waals surface area contributed by atoms with E-state index in [1.807, 2.05) is 11.8 Å². The van der Waals surface area contributed by atoms with Crippen LogP contribution in [0.3, 0.4) is 0 Å². The van der Waals surface area contributed by atoms with Crippen LogP contribution in [0.1, 0.15) is 17.3 Å². The molecular formula is C18H22N6O2. The molecule has 1 aliphatic rings. The van der Waals surface area contributed by atoms with Gasteiger partial charge in [-0.25, -0.2) is 9.97 Å². The second-order valence-electron chi connectivity index (χ2n) is 6.17. The molecule has 1 atom stereocenters. The van der Waals surface area contributed by atoms with Gasteiger partial charge in [-0.3, -0.25) is 9.59 Å². The van der Waals surface area contributed by atoms with Gasteiger partial charge < -0.3 is 20.9 Å². The Morgan fingerprint density at radius 3 is 2.46 bits per heavy atom. The van der Waals surface area contributed by atoms with Crippen LogP contribution in [0.15, 0.2) is 42.7 Å². The van der Waals surface area contributed by atoms with Gasteiger partial charge in [-0.1, -0.05) is 6.07 Å². The summed E-state index contributed by atoms with van der Waals surface area (Å²) in [6, 6.07) is 8.21. The van der Waals surface area contributed by atoms with Crippen LogP contribution in [0.2, 0.25) is 0 Å². The first-order valence-corrected chi connectivity index (χ1v) is 8.52.